The number of carbonyl (C=O) groups is 1. The molecule has 5 heteroatoms. The maximum Gasteiger partial charge on any atom is 0.331 e. The molecule has 0 bridgehead atoms. The van der Waals surface area contributed by atoms with Gasteiger partial charge in [0.15, 0.2) is 0 Å². The smallest absolute Gasteiger partial charge is 0.331 e. The van der Waals surface area contributed by atoms with Crippen LogP contribution in [0.15, 0.2) is 54.1 Å². The molecule has 0 aliphatic heterocycles. The number of fused-ring (bicyclic) bond motifs is 2. The van der Waals surface area contributed by atoms with E-state index in [0.717, 1.165) is 24.9 Å². The second-order valence-electron chi connectivity index (χ2n) is 10.0. The zero-order chi connectivity index (χ0) is 23.0. The summed E-state index contributed by atoms with van der Waals surface area (Å²) in [6, 6.07) is 16.0. The number of rotatable bonds is 6. The summed E-state index contributed by atoms with van der Waals surface area (Å²) in [4.78, 5) is 13.0. The number of benzene rings is 2. The van der Waals surface area contributed by atoms with E-state index in [0.29, 0.717) is 17.9 Å². The van der Waals surface area contributed by atoms with E-state index in [-0.39, 0.29) is 23.4 Å². The fourth-order valence-corrected chi connectivity index (χ4v) is 5.65. The van der Waals surface area contributed by atoms with Crippen LogP contribution in [0.5, 0.6) is 0 Å². The largest absolute Gasteiger partial charge is 0.467 e. The van der Waals surface area contributed by atoms with Crippen molar-refractivity contribution in [2.45, 2.75) is 56.9 Å². The van der Waals surface area contributed by atoms with Gasteiger partial charge in [-0.1, -0.05) is 67.4 Å². The van der Waals surface area contributed by atoms with Crippen LogP contribution in [0.2, 0.25) is 5.02 Å². The molecule has 1 fully saturated rings. The van der Waals surface area contributed by atoms with Gasteiger partial charge >= 0.3 is 5.97 Å². The highest BCUT2D eigenvalue weighted by molar-refractivity contribution is 6.30. The number of hydrogen-bond donors (Lipinski definition) is 2. The van der Waals surface area contributed by atoms with E-state index in [1.54, 1.807) is 0 Å². The molecule has 0 radical (unpaired) electrons. The lowest BCUT2D eigenvalue weighted by Gasteiger charge is -2.47. The van der Waals surface area contributed by atoms with E-state index >= 15 is 0 Å². The molecular formula is C27H32ClNO3. The third-order valence-electron chi connectivity index (χ3n) is 7.26. The molecule has 2 N–H and O–H groups in total. The summed E-state index contributed by atoms with van der Waals surface area (Å²) in [5, 5.41) is 14.0. The van der Waals surface area contributed by atoms with Crippen LogP contribution in [0.25, 0.3) is 6.08 Å². The molecule has 32 heavy (non-hydrogen) atoms. The predicted octanol–water partition coefficient (Wildman–Crippen LogP) is 5.98. The number of ether oxygens (including phenoxy) is 1. The van der Waals surface area contributed by atoms with Crippen molar-refractivity contribution < 1.29 is 14.6 Å². The van der Waals surface area contributed by atoms with E-state index in [4.69, 9.17) is 16.3 Å². The van der Waals surface area contributed by atoms with Gasteiger partial charge in [-0.25, -0.2) is 4.79 Å². The molecular weight excluding hydrogens is 422 g/mol. The Morgan fingerprint density at radius 2 is 1.84 bits per heavy atom. The number of aliphatic hydroxyl groups is 1. The summed E-state index contributed by atoms with van der Waals surface area (Å²) < 4.78 is 5.26. The Hall–Kier alpha value is -2.30. The summed E-state index contributed by atoms with van der Waals surface area (Å²) in [6.07, 6.45) is 6.10. The highest BCUT2D eigenvalue weighted by Crippen LogP contribution is 2.56. The summed E-state index contributed by atoms with van der Waals surface area (Å²) in [5.74, 6) is -0.236. The van der Waals surface area contributed by atoms with Crippen LogP contribution < -0.4 is 5.32 Å². The fraction of sp³-hybridized carbons (Fsp3) is 0.444. The van der Waals surface area contributed by atoms with Gasteiger partial charge in [-0.2, -0.15) is 0 Å². The minimum atomic E-state index is -0.792. The average molecular weight is 454 g/mol. The van der Waals surface area contributed by atoms with Gasteiger partial charge in [0.05, 0.1) is 7.11 Å². The van der Waals surface area contributed by atoms with Crippen LogP contribution in [0.4, 0.5) is 5.69 Å². The Bertz CT molecular complexity index is 1030. The van der Waals surface area contributed by atoms with E-state index in [1.807, 2.05) is 24.3 Å². The zero-order valence-electron chi connectivity index (χ0n) is 19.1. The first-order chi connectivity index (χ1) is 15.2. The minimum Gasteiger partial charge on any atom is -0.467 e. The third kappa shape index (κ3) is 4.06. The first-order valence-corrected chi connectivity index (χ1v) is 11.7. The van der Waals surface area contributed by atoms with Crippen molar-refractivity contribution in [3.05, 3.63) is 70.3 Å². The topological polar surface area (TPSA) is 58.6 Å². The number of halogens is 1. The maximum absolute atomic E-state index is 13.0. The number of methoxy groups -OCH3 is 1. The van der Waals surface area contributed by atoms with E-state index < -0.39 is 5.54 Å². The average Bonchev–Trinajstić information content (AvgIpc) is 3.07. The monoisotopic (exact) mass is 453 g/mol. The van der Waals surface area contributed by atoms with Crippen molar-refractivity contribution in [2.24, 2.45) is 5.41 Å². The molecule has 0 heterocycles. The van der Waals surface area contributed by atoms with Crippen LogP contribution >= 0.6 is 11.6 Å². The number of aliphatic hydroxyl groups excluding tert-OH is 1. The highest BCUT2D eigenvalue weighted by atomic mass is 35.5. The second kappa shape index (κ2) is 8.57. The lowest BCUT2D eigenvalue weighted by atomic mass is 9.60. The van der Waals surface area contributed by atoms with Crippen LogP contribution in [-0.4, -0.2) is 30.3 Å². The van der Waals surface area contributed by atoms with Crippen LogP contribution in [-0.2, 0) is 14.9 Å². The van der Waals surface area contributed by atoms with Gasteiger partial charge < -0.3 is 15.2 Å². The van der Waals surface area contributed by atoms with Gasteiger partial charge in [0.1, 0.15) is 5.54 Å². The first-order valence-electron chi connectivity index (χ1n) is 11.3. The molecule has 1 saturated carbocycles. The van der Waals surface area contributed by atoms with Crippen molar-refractivity contribution in [1.82, 2.24) is 0 Å². The van der Waals surface area contributed by atoms with Crippen molar-refractivity contribution in [3.63, 3.8) is 0 Å². The molecule has 170 valence electrons. The maximum atomic E-state index is 13.0. The standard InChI is InChI=1S/C27H32ClNO3/c1-25(2,18-30)17-20-15-19-7-4-5-10-23(19)26(20)11-13-27(14-12-26,24(31)32-3)29-22-9-6-8-21(28)16-22/h4-10,15-16,29-30H,11-14,17-18H2,1-3H3. The van der Waals surface area contributed by atoms with Gasteiger partial charge in [-0.3, -0.25) is 0 Å². The lowest BCUT2D eigenvalue weighted by molar-refractivity contribution is -0.147. The summed E-state index contributed by atoms with van der Waals surface area (Å²) >= 11 is 6.19. The lowest BCUT2D eigenvalue weighted by Crippen LogP contribution is -2.53. The van der Waals surface area contributed by atoms with Crippen LogP contribution in [0.3, 0.4) is 0 Å². The molecule has 0 saturated heterocycles. The number of anilines is 1. The summed E-state index contributed by atoms with van der Waals surface area (Å²) in [7, 11) is 1.45. The van der Waals surface area contributed by atoms with Gasteiger partial charge in [0, 0.05) is 22.7 Å². The molecule has 0 aromatic heterocycles. The van der Waals surface area contributed by atoms with Crippen molar-refractivity contribution in [1.29, 1.82) is 0 Å². The molecule has 1 spiro atoms. The van der Waals surface area contributed by atoms with E-state index in [1.165, 1.54) is 23.8 Å². The minimum absolute atomic E-state index is 0.115. The van der Waals surface area contributed by atoms with Gasteiger partial charge in [0.25, 0.3) is 0 Å². The summed E-state index contributed by atoms with van der Waals surface area (Å²) in [6.45, 7) is 4.35. The molecule has 4 rings (SSSR count). The predicted molar refractivity (Wildman–Crippen MR) is 130 cm³/mol. The normalized spacial score (nSPS) is 24.7. The molecule has 4 nitrogen and oxygen atoms in total. The van der Waals surface area contributed by atoms with Gasteiger partial charge in [-0.15, -0.1) is 0 Å². The zero-order valence-corrected chi connectivity index (χ0v) is 19.8. The van der Waals surface area contributed by atoms with Gasteiger partial charge in [0.2, 0.25) is 0 Å². The SMILES string of the molecule is COC(=O)C1(Nc2cccc(Cl)c2)CCC2(CC1)C(CC(C)(C)CO)=Cc1ccccc12. The molecule has 0 amide bonds. The molecule has 2 aromatic carbocycles. The summed E-state index contributed by atoms with van der Waals surface area (Å²) in [5.41, 5.74) is 3.67. The second-order valence-corrected chi connectivity index (χ2v) is 10.5. The molecule has 0 unspecified atom stereocenters. The number of hydrogen-bond acceptors (Lipinski definition) is 4. The van der Waals surface area contributed by atoms with Crippen LogP contribution in [0.1, 0.15) is 57.1 Å². The molecule has 2 aliphatic carbocycles. The Morgan fingerprint density at radius 1 is 1.12 bits per heavy atom. The Morgan fingerprint density at radius 3 is 2.50 bits per heavy atom. The number of esters is 1. The number of allylic oxidation sites excluding steroid dienone is 1. The Kier molecular flexibility index (Phi) is 6.12. The van der Waals surface area contributed by atoms with Crippen molar-refractivity contribution in [3.8, 4) is 0 Å². The molecule has 0 atom stereocenters. The van der Waals surface area contributed by atoms with Crippen molar-refractivity contribution >= 4 is 29.3 Å². The molecule has 2 aliphatic rings. The Labute approximate surface area is 195 Å². The quantitative estimate of drug-likeness (QED) is 0.528. The van der Waals surface area contributed by atoms with Crippen LogP contribution in [0, 0.1) is 5.41 Å². The first kappa shape index (κ1) is 22.9. The van der Waals surface area contributed by atoms with E-state index in [2.05, 4.69) is 49.5 Å². The Balaban J connectivity index is 1.67. The highest BCUT2D eigenvalue weighted by Gasteiger charge is 2.52. The molecule has 2 aromatic rings. The van der Waals surface area contributed by atoms with Crippen molar-refractivity contribution in [2.75, 3.05) is 19.0 Å². The third-order valence-corrected chi connectivity index (χ3v) is 7.49. The van der Waals surface area contributed by atoms with Gasteiger partial charge in [-0.05, 0) is 66.8 Å². The number of carbonyl (C=O) groups excluding carboxylic acids is 1. The van der Waals surface area contributed by atoms with E-state index in [9.17, 15) is 9.90 Å². The number of nitrogens with one attached hydrogen (secondary N) is 1. The fourth-order valence-electron chi connectivity index (χ4n) is 5.46.